The van der Waals surface area contributed by atoms with E-state index in [2.05, 4.69) is 42.8 Å². The molecular weight excluding hydrogens is 493 g/mol. The van der Waals surface area contributed by atoms with Crippen molar-refractivity contribution in [2.75, 3.05) is 59.0 Å². The number of carbonyl (C=O) groups excluding carboxylic acids is 1. The Morgan fingerprint density at radius 1 is 1.03 bits per heavy atom. The molecule has 0 aliphatic carbocycles. The van der Waals surface area contributed by atoms with E-state index in [4.69, 9.17) is 4.99 Å². The van der Waals surface area contributed by atoms with Crippen LogP contribution in [0.1, 0.15) is 59.8 Å². The summed E-state index contributed by atoms with van der Waals surface area (Å²) in [4.78, 5) is 24.3. The molecule has 2 saturated heterocycles. The highest BCUT2D eigenvalue weighted by Gasteiger charge is 2.31. The minimum atomic E-state index is -0.0350. The lowest BCUT2D eigenvalue weighted by molar-refractivity contribution is -0.135. The molecule has 0 radical (unpaired) electrons. The third-order valence-electron chi connectivity index (χ3n) is 6.98. The van der Waals surface area contributed by atoms with E-state index < -0.39 is 0 Å². The van der Waals surface area contributed by atoms with Crippen molar-refractivity contribution in [1.29, 1.82) is 0 Å². The number of aliphatic imine (C=N–C) groups is 1. The third-order valence-corrected chi connectivity index (χ3v) is 6.98. The van der Waals surface area contributed by atoms with Crippen LogP contribution in [0.3, 0.4) is 0 Å². The Balaban J connectivity index is 0.00000450. The van der Waals surface area contributed by atoms with Gasteiger partial charge in [-0.1, -0.05) is 13.8 Å². The lowest BCUT2D eigenvalue weighted by Crippen LogP contribution is -2.57. The Hall–Kier alpha value is -0.610. The Labute approximate surface area is 200 Å². The normalized spacial score (nSPS) is 19.6. The van der Waals surface area contributed by atoms with Crippen molar-refractivity contribution in [2.24, 2.45) is 10.4 Å². The van der Waals surface area contributed by atoms with Crippen LogP contribution in [0.4, 0.5) is 0 Å². The molecular formula is C22H44IN5O2. The second kappa shape index (κ2) is 13.7. The number of aliphatic hydroxyl groups is 1. The molecule has 0 aromatic heterocycles. The zero-order valence-corrected chi connectivity index (χ0v) is 21.9. The minimum absolute atomic E-state index is 0. The second-order valence-electron chi connectivity index (χ2n) is 8.58. The summed E-state index contributed by atoms with van der Waals surface area (Å²) in [7, 11) is 0. The molecule has 0 aromatic carbocycles. The summed E-state index contributed by atoms with van der Waals surface area (Å²) < 4.78 is 0. The topological polar surface area (TPSA) is 71.4 Å². The van der Waals surface area contributed by atoms with Gasteiger partial charge in [0.2, 0.25) is 5.91 Å². The first-order valence-corrected chi connectivity index (χ1v) is 11.7. The highest BCUT2D eigenvalue weighted by atomic mass is 127. The summed E-state index contributed by atoms with van der Waals surface area (Å²) in [5.74, 6) is 1.26. The van der Waals surface area contributed by atoms with Crippen LogP contribution < -0.4 is 5.32 Å². The summed E-state index contributed by atoms with van der Waals surface area (Å²) >= 11 is 0. The maximum atomic E-state index is 12.7. The minimum Gasteiger partial charge on any atom is -0.396 e. The lowest BCUT2D eigenvalue weighted by Gasteiger charge is -2.40. The fourth-order valence-electron chi connectivity index (χ4n) is 4.49. The van der Waals surface area contributed by atoms with Crippen molar-refractivity contribution in [1.82, 2.24) is 20.0 Å². The predicted octanol–water partition coefficient (Wildman–Crippen LogP) is 2.39. The highest BCUT2D eigenvalue weighted by Crippen LogP contribution is 2.30. The van der Waals surface area contributed by atoms with Gasteiger partial charge in [-0.25, -0.2) is 0 Å². The molecule has 1 amide bonds. The fraction of sp³-hybridized carbons (Fsp3) is 0.909. The number of piperazine rings is 1. The van der Waals surface area contributed by atoms with Crippen LogP contribution in [0.5, 0.6) is 0 Å². The molecule has 176 valence electrons. The van der Waals surface area contributed by atoms with Crippen LogP contribution in [0, 0.1) is 5.41 Å². The fourth-order valence-corrected chi connectivity index (χ4v) is 4.49. The lowest BCUT2D eigenvalue weighted by atomic mass is 9.79. The molecule has 0 spiro atoms. The van der Waals surface area contributed by atoms with Crippen LogP contribution >= 0.6 is 24.0 Å². The molecule has 2 rings (SSSR count). The van der Waals surface area contributed by atoms with Gasteiger partial charge in [0.1, 0.15) is 0 Å². The Morgan fingerprint density at radius 3 is 2.13 bits per heavy atom. The van der Waals surface area contributed by atoms with Gasteiger partial charge >= 0.3 is 0 Å². The first-order chi connectivity index (χ1) is 14.0. The number of amides is 1. The van der Waals surface area contributed by atoms with Gasteiger partial charge in [0.05, 0.1) is 6.04 Å². The van der Waals surface area contributed by atoms with E-state index in [0.29, 0.717) is 0 Å². The number of hydrogen-bond acceptors (Lipinski definition) is 4. The number of rotatable bonds is 9. The number of nitrogens with zero attached hydrogens (tertiary/aromatic N) is 4. The summed E-state index contributed by atoms with van der Waals surface area (Å²) in [6.45, 7) is 15.7. The van der Waals surface area contributed by atoms with E-state index in [0.717, 1.165) is 90.4 Å². The van der Waals surface area contributed by atoms with Gasteiger partial charge in [0, 0.05) is 59.0 Å². The van der Waals surface area contributed by atoms with Crippen LogP contribution in [-0.4, -0.2) is 96.7 Å². The number of guanidine groups is 1. The van der Waals surface area contributed by atoms with Gasteiger partial charge in [0.25, 0.3) is 0 Å². The molecule has 1 atom stereocenters. The standard InChI is InChI=1S/C22H43N5O2.HI/c1-5-22(6-2,10-17-28)18-24-21(23-7-3)27-15-13-25(14-16-27)19(4)20(29)26-11-8-9-12-26;/h19,28H,5-18H2,1-4H3,(H,23,24);1H. The number of aliphatic hydroxyl groups excluding tert-OH is 1. The molecule has 2 fully saturated rings. The zero-order valence-electron chi connectivity index (χ0n) is 19.5. The summed E-state index contributed by atoms with van der Waals surface area (Å²) in [6.07, 6.45) is 5.13. The highest BCUT2D eigenvalue weighted by molar-refractivity contribution is 14.0. The van der Waals surface area contributed by atoms with Gasteiger partial charge in [-0.3, -0.25) is 14.7 Å². The van der Waals surface area contributed by atoms with Gasteiger partial charge in [0.15, 0.2) is 5.96 Å². The SMILES string of the molecule is CCNC(=NCC(CC)(CC)CCO)N1CCN(C(C)C(=O)N2CCCC2)CC1.I. The average Bonchev–Trinajstić information content (AvgIpc) is 3.30. The third kappa shape index (κ3) is 7.22. The molecule has 0 bridgehead atoms. The van der Waals surface area contributed by atoms with Crippen LogP contribution in [0.15, 0.2) is 4.99 Å². The van der Waals surface area contributed by atoms with Gasteiger partial charge in [-0.2, -0.15) is 0 Å². The van der Waals surface area contributed by atoms with Gasteiger partial charge in [-0.15, -0.1) is 24.0 Å². The maximum Gasteiger partial charge on any atom is 0.239 e. The molecule has 1 unspecified atom stereocenters. The van der Waals surface area contributed by atoms with Gasteiger partial charge < -0.3 is 20.2 Å². The van der Waals surface area contributed by atoms with E-state index >= 15 is 0 Å². The molecule has 2 N–H and O–H groups in total. The Morgan fingerprint density at radius 2 is 1.63 bits per heavy atom. The number of hydrogen-bond donors (Lipinski definition) is 2. The van der Waals surface area contributed by atoms with Crippen molar-refractivity contribution in [3.05, 3.63) is 0 Å². The first kappa shape index (κ1) is 27.4. The van der Waals surface area contributed by atoms with Gasteiger partial charge in [-0.05, 0) is 51.4 Å². The van der Waals surface area contributed by atoms with Crippen molar-refractivity contribution in [3.8, 4) is 0 Å². The Kier molecular flexibility index (Phi) is 12.5. The number of carbonyl (C=O) groups is 1. The average molecular weight is 538 g/mol. The maximum absolute atomic E-state index is 12.7. The van der Waals surface area contributed by atoms with E-state index in [9.17, 15) is 9.90 Å². The summed E-state index contributed by atoms with van der Waals surface area (Å²) in [6, 6.07) is -0.0350. The molecule has 8 heteroatoms. The molecule has 2 aliphatic rings. The van der Waals surface area contributed by atoms with Crippen molar-refractivity contribution in [3.63, 3.8) is 0 Å². The van der Waals surface area contributed by atoms with Crippen LogP contribution in [-0.2, 0) is 4.79 Å². The number of likely N-dealkylation sites (tertiary alicyclic amines) is 1. The Bertz CT molecular complexity index is 528. The first-order valence-electron chi connectivity index (χ1n) is 11.7. The molecule has 30 heavy (non-hydrogen) atoms. The molecule has 0 saturated carbocycles. The second-order valence-corrected chi connectivity index (χ2v) is 8.58. The van der Waals surface area contributed by atoms with E-state index in [1.165, 1.54) is 0 Å². The zero-order chi connectivity index (χ0) is 21.3. The summed E-state index contributed by atoms with van der Waals surface area (Å²) in [5.41, 5.74) is 0.0773. The van der Waals surface area contributed by atoms with E-state index in [1.807, 2.05) is 4.90 Å². The van der Waals surface area contributed by atoms with Crippen molar-refractivity contribution >= 4 is 35.8 Å². The summed E-state index contributed by atoms with van der Waals surface area (Å²) in [5, 5.41) is 12.9. The molecule has 0 aromatic rings. The molecule has 2 heterocycles. The smallest absolute Gasteiger partial charge is 0.239 e. The molecule has 2 aliphatic heterocycles. The van der Waals surface area contributed by atoms with E-state index in [1.54, 1.807) is 0 Å². The number of halogens is 1. The monoisotopic (exact) mass is 537 g/mol. The molecule has 7 nitrogen and oxygen atoms in total. The van der Waals surface area contributed by atoms with Crippen molar-refractivity contribution in [2.45, 2.75) is 65.8 Å². The predicted molar refractivity (Wildman–Crippen MR) is 135 cm³/mol. The van der Waals surface area contributed by atoms with E-state index in [-0.39, 0.29) is 47.9 Å². The van der Waals surface area contributed by atoms with Crippen LogP contribution in [0.2, 0.25) is 0 Å². The number of nitrogens with one attached hydrogen (secondary N) is 1. The van der Waals surface area contributed by atoms with Crippen molar-refractivity contribution < 1.29 is 9.90 Å². The largest absolute Gasteiger partial charge is 0.396 e. The van der Waals surface area contributed by atoms with Crippen LogP contribution in [0.25, 0.3) is 0 Å². The quantitative estimate of drug-likeness (QED) is 0.269.